The highest BCUT2D eigenvalue weighted by Crippen LogP contribution is 2.25. The largest absolute Gasteiger partial charge is 0.326 e. The van der Waals surface area contributed by atoms with E-state index in [0.29, 0.717) is 30.0 Å². The topological polar surface area (TPSA) is 66.5 Å². The minimum Gasteiger partial charge on any atom is -0.326 e. The van der Waals surface area contributed by atoms with Crippen molar-refractivity contribution in [2.45, 2.75) is 25.5 Å². The molecule has 1 fully saturated rings. The third kappa shape index (κ3) is 5.09. The maximum atomic E-state index is 12.8. The first-order chi connectivity index (χ1) is 12.8. The second kappa shape index (κ2) is 8.42. The smallest absolute Gasteiger partial charge is 0.228 e. The molecule has 1 atom stereocenters. The molecule has 27 heavy (non-hydrogen) atoms. The van der Waals surface area contributed by atoms with Crippen molar-refractivity contribution in [1.29, 1.82) is 0 Å². The van der Waals surface area contributed by atoms with Gasteiger partial charge in [0.2, 0.25) is 15.9 Å². The van der Waals surface area contributed by atoms with Crippen LogP contribution >= 0.6 is 11.6 Å². The standard InChI is InChI=1S/C20H23ClN2O3S/c1-15-6-4-9-18(12-15)22-20(24)16-8-5-11-23(13-16)27(25,26)14-17-7-2-3-10-19(17)21/h2-4,6-7,9-10,12,16H,5,8,11,13-14H2,1H3,(H,22,24)/t16-/m1/s1. The summed E-state index contributed by atoms with van der Waals surface area (Å²) in [5.74, 6) is -0.655. The first kappa shape index (κ1) is 19.9. The molecule has 0 aromatic heterocycles. The lowest BCUT2D eigenvalue weighted by Crippen LogP contribution is -2.44. The van der Waals surface area contributed by atoms with Gasteiger partial charge in [-0.2, -0.15) is 0 Å². The molecule has 2 aromatic rings. The van der Waals surface area contributed by atoms with E-state index in [9.17, 15) is 13.2 Å². The Morgan fingerprint density at radius 2 is 2.00 bits per heavy atom. The number of amides is 1. The molecule has 0 saturated carbocycles. The number of hydrogen-bond acceptors (Lipinski definition) is 3. The second-order valence-electron chi connectivity index (χ2n) is 6.90. The molecule has 7 heteroatoms. The number of halogens is 1. The van der Waals surface area contributed by atoms with Crippen LogP contribution in [0.25, 0.3) is 0 Å². The quantitative estimate of drug-likeness (QED) is 0.820. The van der Waals surface area contributed by atoms with Gasteiger partial charge in [0.15, 0.2) is 0 Å². The number of nitrogens with one attached hydrogen (secondary N) is 1. The minimum atomic E-state index is -3.54. The van der Waals surface area contributed by atoms with Crippen LogP contribution in [0.1, 0.15) is 24.0 Å². The van der Waals surface area contributed by atoms with Gasteiger partial charge in [0.25, 0.3) is 0 Å². The number of anilines is 1. The molecule has 0 radical (unpaired) electrons. The van der Waals surface area contributed by atoms with Crippen LogP contribution in [0.4, 0.5) is 5.69 Å². The Labute approximate surface area is 165 Å². The van der Waals surface area contributed by atoms with E-state index in [4.69, 9.17) is 11.6 Å². The molecular weight excluding hydrogens is 384 g/mol. The minimum absolute atomic E-state index is 0.141. The van der Waals surface area contributed by atoms with E-state index in [1.807, 2.05) is 31.2 Å². The summed E-state index contributed by atoms with van der Waals surface area (Å²) >= 11 is 6.10. The fourth-order valence-corrected chi connectivity index (χ4v) is 5.20. The Kier molecular flexibility index (Phi) is 6.19. The Hall–Kier alpha value is -1.89. The van der Waals surface area contributed by atoms with Gasteiger partial charge in [-0.1, -0.05) is 41.9 Å². The zero-order valence-electron chi connectivity index (χ0n) is 15.2. The predicted octanol–water partition coefficient (Wildman–Crippen LogP) is 3.83. The molecule has 1 N–H and O–H groups in total. The van der Waals surface area contributed by atoms with Crippen molar-refractivity contribution in [3.8, 4) is 0 Å². The summed E-state index contributed by atoms with van der Waals surface area (Å²) in [5.41, 5.74) is 2.36. The lowest BCUT2D eigenvalue weighted by atomic mass is 9.98. The molecule has 0 bridgehead atoms. The Balaban J connectivity index is 1.68. The van der Waals surface area contributed by atoms with Crippen molar-refractivity contribution < 1.29 is 13.2 Å². The fourth-order valence-electron chi connectivity index (χ4n) is 3.28. The van der Waals surface area contributed by atoms with Crippen molar-refractivity contribution in [3.63, 3.8) is 0 Å². The summed E-state index contributed by atoms with van der Waals surface area (Å²) in [5, 5.41) is 3.34. The normalized spacial score (nSPS) is 18.2. The molecule has 1 aliphatic rings. The summed E-state index contributed by atoms with van der Waals surface area (Å²) in [7, 11) is -3.54. The number of aryl methyl sites for hydroxylation is 1. The van der Waals surface area contributed by atoms with Crippen LogP contribution < -0.4 is 5.32 Å². The Bertz CT molecular complexity index is 930. The number of benzene rings is 2. The monoisotopic (exact) mass is 406 g/mol. The van der Waals surface area contributed by atoms with Crippen LogP contribution in [-0.4, -0.2) is 31.7 Å². The number of piperidine rings is 1. The van der Waals surface area contributed by atoms with Gasteiger partial charge in [-0.05, 0) is 49.1 Å². The Morgan fingerprint density at radius 3 is 2.74 bits per heavy atom. The summed E-state index contributed by atoms with van der Waals surface area (Å²) in [4.78, 5) is 12.6. The molecule has 1 aliphatic heterocycles. The number of carbonyl (C=O) groups excluding carboxylic acids is 1. The zero-order chi connectivity index (χ0) is 19.4. The Morgan fingerprint density at radius 1 is 1.22 bits per heavy atom. The molecule has 0 aliphatic carbocycles. The molecule has 1 heterocycles. The highest BCUT2D eigenvalue weighted by Gasteiger charge is 2.32. The van der Waals surface area contributed by atoms with Crippen molar-refractivity contribution in [2.24, 2.45) is 5.92 Å². The van der Waals surface area contributed by atoms with Crippen molar-refractivity contribution >= 4 is 33.2 Å². The second-order valence-corrected chi connectivity index (χ2v) is 9.28. The van der Waals surface area contributed by atoms with Crippen LogP contribution in [0.2, 0.25) is 5.02 Å². The summed E-state index contributed by atoms with van der Waals surface area (Å²) in [6.07, 6.45) is 1.34. The molecule has 1 amide bonds. The van der Waals surface area contributed by atoms with Crippen LogP contribution in [0.5, 0.6) is 0 Å². The maximum Gasteiger partial charge on any atom is 0.228 e. The third-order valence-corrected chi connectivity index (χ3v) is 6.89. The lowest BCUT2D eigenvalue weighted by Gasteiger charge is -2.31. The molecule has 0 unspecified atom stereocenters. The lowest BCUT2D eigenvalue weighted by molar-refractivity contribution is -0.120. The highest BCUT2D eigenvalue weighted by atomic mass is 35.5. The van der Waals surface area contributed by atoms with Gasteiger partial charge >= 0.3 is 0 Å². The average Bonchev–Trinajstić information content (AvgIpc) is 2.64. The average molecular weight is 407 g/mol. The van der Waals surface area contributed by atoms with E-state index in [2.05, 4.69) is 5.32 Å². The molecule has 144 valence electrons. The van der Waals surface area contributed by atoms with E-state index in [1.54, 1.807) is 24.3 Å². The van der Waals surface area contributed by atoms with Gasteiger partial charge in [-0.25, -0.2) is 12.7 Å². The molecular formula is C20H23ClN2O3S. The molecule has 1 saturated heterocycles. The van der Waals surface area contributed by atoms with Crippen molar-refractivity contribution in [1.82, 2.24) is 4.31 Å². The zero-order valence-corrected chi connectivity index (χ0v) is 16.8. The van der Waals surface area contributed by atoms with E-state index < -0.39 is 10.0 Å². The van der Waals surface area contributed by atoms with Crippen molar-refractivity contribution in [2.75, 3.05) is 18.4 Å². The first-order valence-electron chi connectivity index (χ1n) is 8.94. The molecule has 5 nitrogen and oxygen atoms in total. The van der Waals surface area contributed by atoms with Crippen LogP contribution in [0.15, 0.2) is 48.5 Å². The van der Waals surface area contributed by atoms with E-state index in [-0.39, 0.29) is 24.1 Å². The van der Waals surface area contributed by atoms with Gasteiger partial charge in [0, 0.05) is 23.8 Å². The fraction of sp³-hybridized carbons (Fsp3) is 0.350. The van der Waals surface area contributed by atoms with E-state index >= 15 is 0 Å². The number of hydrogen-bond donors (Lipinski definition) is 1. The van der Waals surface area contributed by atoms with Gasteiger partial charge < -0.3 is 5.32 Å². The van der Waals surface area contributed by atoms with E-state index in [1.165, 1.54) is 4.31 Å². The highest BCUT2D eigenvalue weighted by molar-refractivity contribution is 7.88. The van der Waals surface area contributed by atoms with Gasteiger partial charge in [0.05, 0.1) is 11.7 Å². The number of sulfonamides is 1. The maximum absolute atomic E-state index is 12.8. The number of rotatable bonds is 5. The molecule has 0 spiro atoms. The SMILES string of the molecule is Cc1cccc(NC(=O)[C@@H]2CCCN(S(=O)(=O)Cc3ccccc3Cl)C2)c1. The molecule has 2 aromatic carbocycles. The summed E-state index contributed by atoms with van der Waals surface area (Å²) < 4.78 is 27.0. The van der Waals surface area contributed by atoms with E-state index in [0.717, 1.165) is 11.3 Å². The number of nitrogens with zero attached hydrogens (tertiary/aromatic N) is 1. The molecule has 3 rings (SSSR count). The number of carbonyl (C=O) groups is 1. The van der Waals surface area contributed by atoms with Gasteiger partial charge in [-0.15, -0.1) is 0 Å². The predicted molar refractivity (Wildman–Crippen MR) is 108 cm³/mol. The van der Waals surface area contributed by atoms with Gasteiger partial charge in [0.1, 0.15) is 0 Å². The van der Waals surface area contributed by atoms with Crippen LogP contribution in [0, 0.1) is 12.8 Å². The third-order valence-electron chi connectivity index (χ3n) is 4.73. The van der Waals surface area contributed by atoms with Crippen molar-refractivity contribution in [3.05, 3.63) is 64.7 Å². The van der Waals surface area contributed by atoms with Crippen LogP contribution in [-0.2, 0) is 20.6 Å². The first-order valence-corrected chi connectivity index (χ1v) is 10.9. The van der Waals surface area contributed by atoms with Gasteiger partial charge in [-0.3, -0.25) is 4.79 Å². The summed E-state index contributed by atoms with van der Waals surface area (Å²) in [6, 6.07) is 14.5. The van der Waals surface area contributed by atoms with Crippen LogP contribution in [0.3, 0.4) is 0 Å². The summed E-state index contributed by atoms with van der Waals surface area (Å²) in [6.45, 7) is 2.59.